The Hall–Kier alpha value is -1.85. The molecule has 2 aromatic rings. The topological polar surface area (TPSA) is 28.2 Å². The van der Waals surface area contributed by atoms with E-state index in [4.69, 9.17) is 0 Å². The summed E-state index contributed by atoms with van der Waals surface area (Å²) >= 11 is 0. The number of hydrogen-bond acceptors (Lipinski definition) is 3. The molecule has 1 N–H and O–H groups in total. The van der Waals surface area contributed by atoms with Crippen LogP contribution in [0.5, 0.6) is 0 Å². The van der Waals surface area contributed by atoms with Crippen LogP contribution in [0.3, 0.4) is 0 Å². The smallest absolute Gasteiger partial charge is 0.126 e. The highest BCUT2D eigenvalue weighted by Crippen LogP contribution is 2.20. The summed E-state index contributed by atoms with van der Waals surface area (Å²) in [4.78, 5) is 6.70. The number of halogens is 2. The Morgan fingerprint density at radius 3 is 2.62 bits per heavy atom. The molecule has 1 fully saturated rings. The highest BCUT2D eigenvalue weighted by atomic mass is 19.1. The molecule has 0 aliphatic carbocycles. The third kappa shape index (κ3) is 4.82. The minimum Gasteiger partial charge on any atom is -0.317 e. The molecule has 1 aromatic carbocycles. The lowest BCUT2D eigenvalue weighted by atomic mass is 10.1. The van der Waals surface area contributed by atoms with Crippen LogP contribution in [0.1, 0.15) is 30.5 Å². The van der Waals surface area contributed by atoms with Gasteiger partial charge in [-0.2, -0.15) is 0 Å². The molecular formula is C19H23F2N3. The van der Waals surface area contributed by atoms with Gasteiger partial charge in [0.25, 0.3) is 0 Å². The van der Waals surface area contributed by atoms with Crippen molar-refractivity contribution in [3.05, 3.63) is 65.5 Å². The maximum Gasteiger partial charge on any atom is 0.126 e. The predicted octanol–water partition coefficient (Wildman–Crippen LogP) is 3.50. The van der Waals surface area contributed by atoms with Crippen LogP contribution in [-0.4, -0.2) is 29.0 Å². The molecular weight excluding hydrogens is 308 g/mol. The number of pyridine rings is 1. The summed E-state index contributed by atoms with van der Waals surface area (Å²) in [5.74, 6) is -1.05. The maximum absolute atomic E-state index is 13.5. The number of benzene rings is 1. The standard InChI is InChI=1S/C19H23F2N3/c20-16-10-15(11-17(21)12-16)13-24(14-18-4-1-2-8-23-18)19-5-3-7-22-9-6-19/h1-2,4,8,10-12,19,22H,3,5-7,9,13-14H2. The second kappa shape index (κ2) is 8.31. The summed E-state index contributed by atoms with van der Waals surface area (Å²) in [5.41, 5.74) is 1.65. The number of hydrogen-bond donors (Lipinski definition) is 1. The summed E-state index contributed by atoms with van der Waals surface area (Å²) in [7, 11) is 0. The lowest BCUT2D eigenvalue weighted by molar-refractivity contribution is 0.162. The Morgan fingerprint density at radius 1 is 1.04 bits per heavy atom. The zero-order valence-electron chi connectivity index (χ0n) is 13.7. The third-order valence-corrected chi connectivity index (χ3v) is 4.46. The van der Waals surface area contributed by atoms with E-state index >= 15 is 0 Å². The monoisotopic (exact) mass is 331 g/mol. The van der Waals surface area contributed by atoms with Crippen molar-refractivity contribution in [1.82, 2.24) is 15.2 Å². The van der Waals surface area contributed by atoms with Gasteiger partial charge in [-0.25, -0.2) is 8.78 Å². The van der Waals surface area contributed by atoms with E-state index < -0.39 is 11.6 Å². The molecule has 1 aliphatic rings. The maximum atomic E-state index is 13.5. The van der Waals surface area contributed by atoms with Gasteiger partial charge in [-0.3, -0.25) is 9.88 Å². The Balaban J connectivity index is 1.80. The second-order valence-corrected chi connectivity index (χ2v) is 6.34. The molecule has 1 aromatic heterocycles. The van der Waals surface area contributed by atoms with E-state index in [9.17, 15) is 8.78 Å². The van der Waals surface area contributed by atoms with E-state index in [1.54, 1.807) is 6.20 Å². The number of nitrogens with one attached hydrogen (secondary N) is 1. The molecule has 1 saturated heterocycles. The number of aromatic nitrogens is 1. The van der Waals surface area contributed by atoms with E-state index in [0.717, 1.165) is 44.1 Å². The highest BCUT2D eigenvalue weighted by Gasteiger charge is 2.21. The van der Waals surface area contributed by atoms with Crippen LogP contribution in [0.15, 0.2) is 42.6 Å². The Morgan fingerprint density at radius 2 is 1.88 bits per heavy atom. The minimum absolute atomic E-state index is 0.383. The van der Waals surface area contributed by atoms with Crippen LogP contribution in [-0.2, 0) is 13.1 Å². The van der Waals surface area contributed by atoms with E-state index in [0.29, 0.717) is 24.7 Å². The largest absolute Gasteiger partial charge is 0.317 e. The lowest BCUT2D eigenvalue weighted by Gasteiger charge is -2.31. The fourth-order valence-electron chi connectivity index (χ4n) is 3.32. The zero-order valence-corrected chi connectivity index (χ0v) is 13.7. The van der Waals surface area contributed by atoms with Gasteiger partial charge < -0.3 is 5.32 Å². The molecule has 3 rings (SSSR count). The first-order chi connectivity index (χ1) is 11.7. The molecule has 128 valence electrons. The Kier molecular flexibility index (Phi) is 5.88. The molecule has 1 atom stereocenters. The average molecular weight is 331 g/mol. The summed E-state index contributed by atoms with van der Waals surface area (Å²) in [6.07, 6.45) is 5.01. The summed E-state index contributed by atoms with van der Waals surface area (Å²) < 4.78 is 27.1. The third-order valence-electron chi connectivity index (χ3n) is 4.46. The summed E-state index contributed by atoms with van der Waals surface area (Å²) in [6.45, 7) is 3.21. The van der Waals surface area contributed by atoms with Gasteiger partial charge in [0, 0.05) is 31.4 Å². The second-order valence-electron chi connectivity index (χ2n) is 6.34. The van der Waals surface area contributed by atoms with Gasteiger partial charge in [-0.15, -0.1) is 0 Å². The minimum atomic E-state index is -0.523. The fraction of sp³-hybridized carbons (Fsp3) is 0.421. The fourth-order valence-corrected chi connectivity index (χ4v) is 3.32. The van der Waals surface area contributed by atoms with E-state index in [-0.39, 0.29) is 0 Å². The van der Waals surface area contributed by atoms with Crippen LogP contribution in [0.25, 0.3) is 0 Å². The molecule has 0 bridgehead atoms. The Labute approximate surface area is 141 Å². The van der Waals surface area contributed by atoms with Crippen LogP contribution in [0.4, 0.5) is 8.78 Å². The quantitative estimate of drug-likeness (QED) is 0.909. The lowest BCUT2D eigenvalue weighted by Crippen LogP contribution is -2.35. The summed E-state index contributed by atoms with van der Waals surface area (Å²) in [5, 5.41) is 3.42. The molecule has 0 spiro atoms. The number of rotatable bonds is 5. The van der Waals surface area contributed by atoms with Gasteiger partial charge in [0.15, 0.2) is 0 Å². The molecule has 5 heteroatoms. The van der Waals surface area contributed by atoms with Crippen molar-refractivity contribution in [3.8, 4) is 0 Å². The van der Waals surface area contributed by atoms with Crippen molar-refractivity contribution in [1.29, 1.82) is 0 Å². The van der Waals surface area contributed by atoms with Crippen molar-refractivity contribution in [2.45, 2.75) is 38.4 Å². The van der Waals surface area contributed by atoms with Gasteiger partial charge in [-0.1, -0.05) is 6.07 Å². The first-order valence-electron chi connectivity index (χ1n) is 8.50. The molecule has 0 amide bonds. The van der Waals surface area contributed by atoms with Crippen LogP contribution < -0.4 is 5.32 Å². The predicted molar refractivity (Wildman–Crippen MR) is 90.4 cm³/mol. The van der Waals surface area contributed by atoms with E-state index in [1.165, 1.54) is 12.1 Å². The van der Waals surface area contributed by atoms with Gasteiger partial charge >= 0.3 is 0 Å². The van der Waals surface area contributed by atoms with Crippen LogP contribution >= 0.6 is 0 Å². The molecule has 3 nitrogen and oxygen atoms in total. The van der Waals surface area contributed by atoms with Crippen molar-refractivity contribution in [3.63, 3.8) is 0 Å². The van der Waals surface area contributed by atoms with Crippen molar-refractivity contribution in [2.24, 2.45) is 0 Å². The van der Waals surface area contributed by atoms with Crippen molar-refractivity contribution >= 4 is 0 Å². The molecule has 2 heterocycles. The molecule has 1 aliphatic heterocycles. The van der Waals surface area contributed by atoms with Crippen molar-refractivity contribution < 1.29 is 8.78 Å². The van der Waals surface area contributed by atoms with Crippen LogP contribution in [0.2, 0.25) is 0 Å². The van der Waals surface area contributed by atoms with Gasteiger partial charge in [-0.05, 0) is 62.2 Å². The highest BCUT2D eigenvalue weighted by molar-refractivity contribution is 5.18. The normalized spacial score (nSPS) is 18.5. The molecule has 1 unspecified atom stereocenters. The molecule has 0 saturated carbocycles. The van der Waals surface area contributed by atoms with Crippen LogP contribution in [0, 0.1) is 11.6 Å². The van der Waals surface area contributed by atoms with Gasteiger partial charge in [0.2, 0.25) is 0 Å². The van der Waals surface area contributed by atoms with Gasteiger partial charge in [0.1, 0.15) is 11.6 Å². The Bertz CT molecular complexity index is 620. The number of nitrogens with zero attached hydrogens (tertiary/aromatic N) is 2. The van der Waals surface area contributed by atoms with Gasteiger partial charge in [0.05, 0.1) is 5.69 Å². The molecule has 24 heavy (non-hydrogen) atoms. The first-order valence-corrected chi connectivity index (χ1v) is 8.50. The van der Waals surface area contributed by atoms with E-state index in [2.05, 4.69) is 15.2 Å². The average Bonchev–Trinajstić information content (AvgIpc) is 2.83. The summed E-state index contributed by atoms with van der Waals surface area (Å²) in [6, 6.07) is 10.00. The van der Waals surface area contributed by atoms with E-state index in [1.807, 2.05) is 18.2 Å². The van der Waals surface area contributed by atoms with Crippen molar-refractivity contribution in [2.75, 3.05) is 13.1 Å². The first kappa shape index (κ1) is 17.0. The SMILES string of the molecule is Fc1cc(F)cc(CN(Cc2ccccn2)C2CCCNCC2)c1. The zero-order chi connectivity index (χ0) is 16.8. The molecule has 0 radical (unpaired) electrons.